The molecule has 4 nitrogen and oxygen atoms in total. The summed E-state index contributed by atoms with van der Waals surface area (Å²) in [4.78, 5) is 11.6. The molecular weight excluding hydrogens is 364 g/mol. The molecule has 4 aliphatic carbocycles. The van der Waals surface area contributed by atoms with Crippen LogP contribution in [0.25, 0.3) is 0 Å². The van der Waals surface area contributed by atoms with E-state index in [-0.39, 0.29) is 12.2 Å². The van der Waals surface area contributed by atoms with Gasteiger partial charge in [-0.2, -0.15) is 0 Å². The zero-order chi connectivity index (χ0) is 20.6. The van der Waals surface area contributed by atoms with E-state index in [0.29, 0.717) is 16.7 Å². The van der Waals surface area contributed by atoms with Crippen molar-refractivity contribution < 1.29 is 19.0 Å². The zero-order valence-electron chi connectivity index (χ0n) is 18.0. The van der Waals surface area contributed by atoms with Gasteiger partial charge in [-0.05, 0) is 92.9 Å². The first-order valence-electron chi connectivity index (χ1n) is 11.1. The maximum absolute atomic E-state index is 11.6. The third-order valence-electron chi connectivity index (χ3n) is 6.90. The molecule has 0 radical (unpaired) electrons. The van der Waals surface area contributed by atoms with E-state index in [1.807, 2.05) is 12.1 Å². The van der Waals surface area contributed by atoms with Crippen molar-refractivity contribution in [1.82, 2.24) is 0 Å². The molecule has 0 aromatic heterocycles. The van der Waals surface area contributed by atoms with E-state index in [4.69, 9.17) is 14.2 Å². The lowest BCUT2D eigenvalue weighted by Crippen LogP contribution is -2.49. The quantitative estimate of drug-likeness (QED) is 0.242. The van der Waals surface area contributed by atoms with Crippen molar-refractivity contribution in [1.29, 1.82) is 0 Å². The third-order valence-corrected chi connectivity index (χ3v) is 6.90. The van der Waals surface area contributed by atoms with Crippen LogP contribution in [0.2, 0.25) is 0 Å². The molecule has 1 aromatic carbocycles. The molecule has 4 aliphatic rings. The number of rotatable bonds is 8. The number of benzene rings is 1. The number of ether oxygens (including phenoxy) is 3. The van der Waals surface area contributed by atoms with E-state index in [0.717, 1.165) is 30.1 Å². The predicted octanol–water partition coefficient (Wildman–Crippen LogP) is 5.76. The topological polar surface area (TPSA) is 44.8 Å². The van der Waals surface area contributed by atoms with Crippen LogP contribution in [0.5, 0.6) is 11.5 Å². The van der Waals surface area contributed by atoms with Crippen LogP contribution in [-0.4, -0.2) is 18.9 Å². The Hall–Kier alpha value is -1.81. The largest absolute Gasteiger partial charge is 0.465 e. The van der Waals surface area contributed by atoms with Crippen LogP contribution >= 0.6 is 0 Å². The first kappa shape index (κ1) is 20.5. The molecule has 0 N–H and O–H groups in total. The minimum atomic E-state index is -0.419. The highest BCUT2D eigenvalue weighted by molar-refractivity contribution is 5.88. The van der Waals surface area contributed by atoms with Crippen molar-refractivity contribution in [3.63, 3.8) is 0 Å². The third kappa shape index (κ3) is 4.69. The van der Waals surface area contributed by atoms with Crippen LogP contribution in [0, 0.1) is 29.1 Å². The van der Waals surface area contributed by atoms with Gasteiger partial charge in [-0.25, -0.2) is 4.79 Å². The lowest BCUT2D eigenvalue weighted by atomic mass is 9.50. The first-order valence-corrected chi connectivity index (χ1v) is 11.1. The monoisotopic (exact) mass is 398 g/mol. The molecule has 0 aliphatic heterocycles. The lowest BCUT2D eigenvalue weighted by Gasteiger charge is -2.56. The van der Waals surface area contributed by atoms with Gasteiger partial charge in [0.1, 0.15) is 11.5 Å². The summed E-state index contributed by atoms with van der Waals surface area (Å²) in [6, 6.07) is 7.13. The first-order chi connectivity index (χ1) is 13.8. The molecule has 5 rings (SSSR count). The van der Waals surface area contributed by atoms with Crippen molar-refractivity contribution in [2.75, 3.05) is 6.61 Å². The van der Waals surface area contributed by atoms with E-state index in [1.54, 1.807) is 19.1 Å². The SMILES string of the molecule is C=C(C)C(=O)Oc1ccc(OC(OCC23CC4CC(CC(C4)C2)C3)C(C)C)cc1. The van der Waals surface area contributed by atoms with Crippen molar-refractivity contribution >= 4 is 5.97 Å². The standard InChI is InChI=1S/C25H34O4/c1-16(2)23(26)28-21-5-7-22(8-6-21)29-24(17(3)4)27-15-25-12-18-9-19(13-25)11-20(10-18)14-25/h5-8,17-20,24H,1,9-15H2,2-4H3. The molecular formula is C25H34O4. The maximum Gasteiger partial charge on any atom is 0.338 e. The van der Waals surface area contributed by atoms with Crippen LogP contribution in [0.1, 0.15) is 59.3 Å². The Morgan fingerprint density at radius 2 is 1.55 bits per heavy atom. The molecule has 0 spiro atoms. The van der Waals surface area contributed by atoms with E-state index >= 15 is 0 Å². The highest BCUT2D eigenvalue weighted by Crippen LogP contribution is 2.60. The fraction of sp³-hybridized carbons (Fsp3) is 0.640. The average Bonchev–Trinajstić information content (AvgIpc) is 2.65. The van der Waals surface area contributed by atoms with Gasteiger partial charge in [0, 0.05) is 11.5 Å². The van der Waals surface area contributed by atoms with Gasteiger partial charge in [0.05, 0.1) is 6.61 Å². The number of carbonyl (C=O) groups excluding carboxylic acids is 1. The van der Waals surface area contributed by atoms with E-state index in [9.17, 15) is 4.79 Å². The zero-order valence-corrected chi connectivity index (χ0v) is 18.0. The Labute approximate surface area is 174 Å². The van der Waals surface area contributed by atoms with Crippen LogP contribution in [0.4, 0.5) is 0 Å². The molecule has 0 amide bonds. The number of hydrogen-bond acceptors (Lipinski definition) is 4. The summed E-state index contributed by atoms with van der Waals surface area (Å²) in [5, 5.41) is 0. The number of esters is 1. The van der Waals surface area contributed by atoms with Crippen molar-refractivity contribution in [3.8, 4) is 11.5 Å². The minimum Gasteiger partial charge on any atom is -0.465 e. The molecule has 4 heteroatoms. The molecule has 158 valence electrons. The molecule has 0 heterocycles. The summed E-state index contributed by atoms with van der Waals surface area (Å²) in [7, 11) is 0. The van der Waals surface area contributed by atoms with Crippen molar-refractivity contribution in [3.05, 3.63) is 36.4 Å². The van der Waals surface area contributed by atoms with E-state index in [1.165, 1.54) is 38.5 Å². The van der Waals surface area contributed by atoms with Gasteiger partial charge in [-0.1, -0.05) is 20.4 Å². The molecule has 4 fully saturated rings. The lowest BCUT2D eigenvalue weighted by molar-refractivity contribution is -0.167. The van der Waals surface area contributed by atoms with Gasteiger partial charge < -0.3 is 14.2 Å². The summed E-state index contributed by atoms with van der Waals surface area (Å²) >= 11 is 0. The van der Waals surface area contributed by atoms with Gasteiger partial charge in [-0.15, -0.1) is 0 Å². The smallest absolute Gasteiger partial charge is 0.338 e. The summed E-state index contributed by atoms with van der Waals surface area (Å²) in [6.45, 7) is 10.3. The maximum atomic E-state index is 11.6. The Morgan fingerprint density at radius 1 is 1.03 bits per heavy atom. The highest BCUT2D eigenvalue weighted by atomic mass is 16.7. The second-order valence-electron chi connectivity index (χ2n) is 10.1. The van der Waals surface area contributed by atoms with Crippen LogP contribution in [0.15, 0.2) is 36.4 Å². The summed E-state index contributed by atoms with van der Waals surface area (Å²) in [6.07, 6.45) is 8.10. The number of hydrogen-bond donors (Lipinski definition) is 0. The van der Waals surface area contributed by atoms with Crippen LogP contribution < -0.4 is 9.47 Å². The Kier molecular flexibility index (Phi) is 5.74. The fourth-order valence-corrected chi connectivity index (χ4v) is 6.00. The number of carbonyl (C=O) groups is 1. The molecule has 1 aromatic rings. The highest BCUT2D eigenvalue weighted by Gasteiger charge is 2.51. The Morgan fingerprint density at radius 3 is 2.03 bits per heavy atom. The summed E-state index contributed by atoms with van der Waals surface area (Å²) < 4.78 is 17.8. The predicted molar refractivity (Wildman–Crippen MR) is 113 cm³/mol. The minimum absolute atomic E-state index is 0.254. The van der Waals surface area contributed by atoms with Crippen molar-refractivity contribution in [2.24, 2.45) is 29.1 Å². The van der Waals surface area contributed by atoms with E-state index < -0.39 is 5.97 Å². The molecule has 4 bridgehead atoms. The van der Waals surface area contributed by atoms with Gasteiger partial charge in [0.25, 0.3) is 0 Å². The fourth-order valence-electron chi connectivity index (χ4n) is 6.00. The van der Waals surface area contributed by atoms with E-state index in [2.05, 4.69) is 20.4 Å². The second-order valence-corrected chi connectivity index (χ2v) is 10.1. The van der Waals surface area contributed by atoms with Gasteiger partial charge >= 0.3 is 5.97 Å². The van der Waals surface area contributed by atoms with Crippen molar-refractivity contribution in [2.45, 2.75) is 65.6 Å². The molecule has 29 heavy (non-hydrogen) atoms. The second kappa shape index (κ2) is 8.14. The molecule has 1 atom stereocenters. The average molecular weight is 399 g/mol. The summed E-state index contributed by atoms with van der Waals surface area (Å²) in [5.74, 6) is 3.83. The van der Waals surface area contributed by atoms with Crippen LogP contribution in [-0.2, 0) is 9.53 Å². The molecule has 4 saturated carbocycles. The van der Waals surface area contributed by atoms with Gasteiger partial charge in [-0.3, -0.25) is 0 Å². The van der Waals surface area contributed by atoms with Gasteiger partial charge in [0.15, 0.2) is 0 Å². The Balaban J connectivity index is 1.35. The van der Waals surface area contributed by atoms with Crippen LogP contribution in [0.3, 0.4) is 0 Å². The molecule has 0 saturated heterocycles. The molecule has 1 unspecified atom stereocenters. The van der Waals surface area contributed by atoms with Gasteiger partial charge in [0.2, 0.25) is 6.29 Å². The normalized spacial score (nSPS) is 31.0. The summed E-state index contributed by atoms with van der Waals surface area (Å²) in [5.41, 5.74) is 0.759. The Bertz CT molecular complexity index is 713.